The first-order valence-corrected chi connectivity index (χ1v) is 8.68. The van der Waals surface area contributed by atoms with Crippen LogP contribution in [0.15, 0.2) is 77.5 Å². The first-order valence-electron chi connectivity index (χ1n) is 8.68. The van der Waals surface area contributed by atoms with Gasteiger partial charge in [-0.2, -0.15) is 0 Å². The van der Waals surface area contributed by atoms with Crippen LogP contribution in [0.3, 0.4) is 0 Å². The van der Waals surface area contributed by atoms with Crippen molar-refractivity contribution >= 4 is 12.0 Å². The Kier molecular flexibility index (Phi) is 4.04. The highest BCUT2D eigenvalue weighted by atomic mass is 16.2. The van der Waals surface area contributed by atoms with Gasteiger partial charge in [0.05, 0.1) is 6.54 Å². The second-order valence-corrected chi connectivity index (χ2v) is 6.48. The van der Waals surface area contributed by atoms with Crippen LogP contribution in [-0.4, -0.2) is 10.8 Å². The van der Waals surface area contributed by atoms with E-state index < -0.39 is 0 Å². The van der Waals surface area contributed by atoms with Crippen molar-refractivity contribution in [3.63, 3.8) is 0 Å². The van der Waals surface area contributed by atoms with Gasteiger partial charge in [0.15, 0.2) is 0 Å². The van der Waals surface area contributed by atoms with E-state index in [4.69, 9.17) is 0 Å². The number of benzene rings is 2. The molecule has 0 aromatic heterocycles. The Balaban J connectivity index is 1.74. The molecule has 1 aliphatic carbocycles. The van der Waals surface area contributed by atoms with Gasteiger partial charge in [0.25, 0.3) is 5.91 Å². The molecular formula is C22H21NO. The van der Waals surface area contributed by atoms with E-state index in [9.17, 15) is 4.79 Å². The fourth-order valence-corrected chi connectivity index (χ4v) is 3.65. The molecular weight excluding hydrogens is 294 g/mol. The van der Waals surface area contributed by atoms with Gasteiger partial charge in [-0.3, -0.25) is 4.79 Å². The first-order chi connectivity index (χ1) is 11.8. The second kappa shape index (κ2) is 6.48. The van der Waals surface area contributed by atoms with E-state index in [1.54, 1.807) is 0 Å². The maximum absolute atomic E-state index is 13.0. The average molecular weight is 315 g/mol. The number of rotatable bonds is 3. The van der Waals surface area contributed by atoms with Gasteiger partial charge >= 0.3 is 0 Å². The summed E-state index contributed by atoms with van der Waals surface area (Å²) in [6.45, 7) is 0.644. The van der Waals surface area contributed by atoms with Crippen LogP contribution in [0.5, 0.6) is 0 Å². The topological polar surface area (TPSA) is 20.3 Å². The van der Waals surface area contributed by atoms with Gasteiger partial charge in [-0.05, 0) is 48.5 Å². The molecule has 0 spiro atoms. The molecule has 1 aliphatic heterocycles. The molecule has 0 N–H and O–H groups in total. The van der Waals surface area contributed by atoms with Crippen molar-refractivity contribution in [3.05, 3.63) is 88.6 Å². The second-order valence-electron chi connectivity index (χ2n) is 6.48. The third kappa shape index (κ3) is 2.80. The molecule has 24 heavy (non-hydrogen) atoms. The molecule has 0 unspecified atom stereocenters. The van der Waals surface area contributed by atoms with Crippen LogP contribution >= 0.6 is 0 Å². The Labute approximate surface area is 143 Å². The van der Waals surface area contributed by atoms with Gasteiger partial charge in [-0.15, -0.1) is 0 Å². The summed E-state index contributed by atoms with van der Waals surface area (Å²) in [6, 6.07) is 20.6. The van der Waals surface area contributed by atoms with Crippen molar-refractivity contribution in [1.29, 1.82) is 0 Å². The van der Waals surface area contributed by atoms with Crippen molar-refractivity contribution in [3.8, 4) is 0 Å². The zero-order chi connectivity index (χ0) is 16.4. The number of hydrogen-bond acceptors (Lipinski definition) is 1. The molecule has 2 aliphatic rings. The predicted octanol–water partition coefficient (Wildman–Crippen LogP) is 4.94. The number of carbonyl (C=O) groups excluding carboxylic acids is 1. The maximum atomic E-state index is 13.0. The van der Waals surface area contributed by atoms with Gasteiger partial charge in [-0.1, -0.05) is 60.7 Å². The summed E-state index contributed by atoms with van der Waals surface area (Å²) in [5, 5.41) is 0. The van der Waals surface area contributed by atoms with E-state index in [0.717, 1.165) is 36.1 Å². The number of amides is 1. The van der Waals surface area contributed by atoms with Crippen molar-refractivity contribution in [2.24, 2.45) is 0 Å². The van der Waals surface area contributed by atoms with Crippen LogP contribution in [0.2, 0.25) is 0 Å². The smallest absolute Gasteiger partial charge is 0.254 e. The summed E-state index contributed by atoms with van der Waals surface area (Å²) in [6.07, 6.45) is 6.42. The Morgan fingerprint density at radius 3 is 2.17 bits per heavy atom. The molecule has 2 aromatic rings. The highest BCUT2D eigenvalue weighted by molar-refractivity contribution is 6.01. The van der Waals surface area contributed by atoms with E-state index >= 15 is 0 Å². The highest BCUT2D eigenvalue weighted by Gasteiger charge is 2.35. The molecule has 0 bridgehead atoms. The van der Waals surface area contributed by atoms with Gasteiger partial charge in [-0.25, -0.2) is 0 Å². The summed E-state index contributed by atoms with van der Waals surface area (Å²) >= 11 is 0. The minimum atomic E-state index is 0.204. The molecule has 0 saturated heterocycles. The lowest BCUT2D eigenvalue weighted by molar-refractivity contribution is -0.124. The zero-order valence-electron chi connectivity index (χ0n) is 13.7. The van der Waals surface area contributed by atoms with Crippen LogP contribution in [0.1, 0.15) is 36.8 Å². The lowest BCUT2D eigenvalue weighted by atomic mass is 9.92. The van der Waals surface area contributed by atoms with Crippen molar-refractivity contribution in [2.45, 2.75) is 32.2 Å². The van der Waals surface area contributed by atoms with E-state index in [-0.39, 0.29) is 5.91 Å². The molecule has 120 valence electrons. The van der Waals surface area contributed by atoms with E-state index in [1.165, 1.54) is 17.6 Å². The van der Waals surface area contributed by atoms with E-state index in [2.05, 4.69) is 30.3 Å². The molecule has 0 atom stereocenters. The van der Waals surface area contributed by atoms with Crippen molar-refractivity contribution in [1.82, 2.24) is 4.90 Å². The van der Waals surface area contributed by atoms with E-state index in [0.29, 0.717) is 6.54 Å². The van der Waals surface area contributed by atoms with Gasteiger partial charge < -0.3 is 4.90 Å². The van der Waals surface area contributed by atoms with Crippen LogP contribution < -0.4 is 0 Å². The van der Waals surface area contributed by atoms with E-state index in [1.807, 2.05) is 41.3 Å². The molecule has 2 nitrogen and oxygen atoms in total. The lowest BCUT2D eigenvalue weighted by Gasteiger charge is -2.20. The predicted molar refractivity (Wildman–Crippen MR) is 96.9 cm³/mol. The van der Waals surface area contributed by atoms with Crippen molar-refractivity contribution < 1.29 is 4.79 Å². The number of allylic oxidation sites excluding steroid dienone is 1. The summed E-state index contributed by atoms with van der Waals surface area (Å²) in [7, 11) is 0. The minimum absolute atomic E-state index is 0.204. The largest absolute Gasteiger partial charge is 0.304 e. The molecule has 2 aromatic carbocycles. The molecule has 1 heterocycles. The molecule has 2 heteroatoms. The number of nitrogens with zero attached hydrogens (tertiary/aromatic N) is 1. The standard InChI is InChI=1S/C22H21NO/c24-22-20-14-8-7-13-19(20)21(15-17-9-3-1-4-10-17)23(22)16-18-11-5-2-6-12-18/h1-6,9-12,15H,7-8,13-14,16H2/b21-15+. The van der Waals surface area contributed by atoms with Gasteiger partial charge in [0.1, 0.15) is 0 Å². The van der Waals surface area contributed by atoms with Gasteiger partial charge in [0.2, 0.25) is 0 Å². The maximum Gasteiger partial charge on any atom is 0.254 e. The molecule has 4 rings (SSSR count). The molecule has 0 radical (unpaired) electrons. The SMILES string of the molecule is O=C1C2=C(CCCC2)/C(=C\c2ccccc2)N1Cc1ccccc1. The molecule has 0 saturated carbocycles. The summed E-state index contributed by atoms with van der Waals surface area (Å²) < 4.78 is 0. The van der Waals surface area contributed by atoms with Crippen LogP contribution in [0.25, 0.3) is 6.08 Å². The van der Waals surface area contributed by atoms with Crippen LogP contribution in [0, 0.1) is 0 Å². The Bertz CT molecular complexity index is 802. The van der Waals surface area contributed by atoms with Gasteiger partial charge in [0, 0.05) is 11.3 Å². The third-order valence-electron chi connectivity index (χ3n) is 4.86. The lowest BCUT2D eigenvalue weighted by Crippen LogP contribution is -2.25. The average Bonchev–Trinajstić information content (AvgIpc) is 2.90. The number of carbonyl (C=O) groups is 1. The Morgan fingerprint density at radius 1 is 0.833 bits per heavy atom. The summed E-state index contributed by atoms with van der Waals surface area (Å²) in [5.74, 6) is 0.204. The monoisotopic (exact) mass is 315 g/mol. The summed E-state index contributed by atoms with van der Waals surface area (Å²) in [4.78, 5) is 14.9. The fourth-order valence-electron chi connectivity index (χ4n) is 3.65. The van der Waals surface area contributed by atoms with Crippen LogP contribution in [0.4, 0.5) is 0 Å². The number of hydrogen-bond donors (Lipinski definition) is 0. The Hall–Kier alpha value is -2.61. The quantitative estimate of drug-likeness (QED) is 0.785. The summed E-state index contributed by atoms with van der Waals surface area (Å²) in [5.41, 5.74) is 5.73. The first kappa shape index (κ1) is 14.9. The highest BCUT2D eigenvalue weighted by Crippen LogP contribution is 2.40. The van der Waals surface area contributed by atoms with Crippen molar-refractivity contribution in [2.75, 3.05) is 0 Å². The molecule has 1 amide bonds. The normalized spacial score (nSPS) is 19.1. The van der Waals surface area contributed by atoms with Crippen LogP contribution in [-0.2, 0) is 11.3 Å². The zero-order valence-corrected chi connectivity index (χ0v) is 13.7. The Morgan fingerprint density at radius 2 is 1.46 bits per heavy atom. The minimum Gasteiger partial charge on any atom is -0.304 e. The molecule has 0 fully saturated rings. The fraction of sp³-hybridized carbons (Fsp3) is 0.227. The third-order valence-corrected chi connectivity index (χ3v) is 4.86.